The second-order valence-corrected chi connectivity index (χ2v) is 7.00. The number of carbonyl (C=O) groups excluding carboxylic acids is 1. The minimum absolute atomic E-state index is 0.114. The zero-order valence-electron chi connectivity index (χ0n) is 15.1. The zero-order chi connectivity index (χ0) is 20.1. The summed E-state index contributed by atoms with van der Waals surface area (Å²) >= 11 is 0. The molecule has 0 radical (unpaired) electrons. The molecule has 0 saturated heterocycles. The molecule has 4 rings (SSSR count). The van der Waals surface area contributed by atoms with E-state index in [9.17, 15) is 18.0 Å². The lowest BCUT2D eigenvalue weighted by atomic mass is 10.1. The monoisotopic (exact) mass is 392 g/mol. The summed E-state index contributed by atoms with van der Waals surface area (Å²) < 4.78 is 40.3. The van der Waals surface area contributed by atoms with Crippen LogP contribution in [0, 0.1) is 0 Å². The number of fused-ring (bicyclic) bond motifs is 2. The van der Waals surface area contributed by atoms with Crippen LogP contribution in [0.2, 0.25) is 0 Å². The van der Waals surface area contributed by atoms with Gasteiger partial charge in [-0.3, -0.25) is 9.48 Å². The summed E-state index contributed by atoms with van der Waals surface area (Å²) in [5.41, 5.74) is 7.13. The third kappa shape index (κ3) is 3.35. The predicted octanol–water partition coefficient (Wildman–Crippen LogP) is 2.84. The maximum absolute atomic E-state index is 12.8. The Bertz CT molecular complexity index is 1040. The molecule has 28 heavy (non-hydrogen) atoms. The smallest absolute Gasteiger partial charge is 0.340 e. The summed E-state index contributed by atoms with van der Waals surface area (Å²) in [6, 6.07) is 4.88. The van der Waals surface area contributed by atoms with Crippen LogP contribution < -0.4 is 5.73 Å². The Labute approximate surface area is 158 Å². The van der Waals surface area contributed by atoms with E-state index in [1.54, 1.807) is 17.8 Å². The average Bonchev–Trinajstić information content (AvgIpc) is 3.23. The van der Waals surface area contributed by atoms with Crippen molar-refractivity contribution in [2.24, 2.45) is 5.73 Å². The molecule has 1 aliphatic rings. The first-order valence-corrected chi connectivity index (χ1v) is 8.87. The van der Waals surface area contributed by atoms with Gasteiger partial charge in [0, 0.05) is 19.6 Å². The van der Waals surface area contributed by atoms with Gasteiger partial charge in [0.1, 0.15) is 5.82 Å². The van der Waals surface area contributed by atoms with Crippen molar-refractivity contribution in [3.63, 3.8) is 0 Å². The van der Waals surface area contributed by atoms with Crippen molar-refractivity contribution in [1.82, 2.24) is 24.6 Å². The van der Waals surface area contributed by atoms with Gasteiger partial charge in [0.25, 0.3) is 5.91 Å². The Morgan fingerprint density at radius 2 is 2.18 bits per heavy atom. The Hall–Kier alpha value is -2.88. The zero-order valence-corrected chi connectivity index (χ0v) is 15.1. The number of amides is 1. The van der Waals surface area contributed by atoms with E-state index in [0.29, 0.717) is 17.0 Å². The fraction of sp³-hybridized carbons (Fsp3) is 0.389. The van der Waals surface area contributed by atoms with E-state index in [2.05, 4.69) is 15.1 Å². The van der Waals surface area contributed by atoms with E-state index < -0.39 is 11.7 Å². The van der Waals surface area contributed by atoms with Gasteiger partial charge in [-0.05, 0) is 37.1 Å². The predicted molar refractivity (Wildman–Crippen MR) is 95.3 cm³/mol. The maximum Gasteiger partial charge on any atom is 0.416 e. The number of hydrogen-bond donors (Lipinski definition) is 2. The van der Waals surface area contributed by atoms with Crippen LogP contribution in [0.3, 0.4) is 0 Å². The number of imidazole rings is 1. The molecule has 0 bridgehead atoms. The van der Waals surface area contributed by atoms with E-state index in [1.165, 1.54) is 11.0 Å². The normalized spacial score (nSPS) is 17.0. The molecular formula is C18H19F3N6O. The Morgan fingerprint density at radius 3 is 2.89 bits per heavy atom. The third-order valence-corrected chi connectivity index (χ3v) is 4.89. The van der Waals surface area contributed by atoms with E-state index in [4.69, 9.17) is 5.73 Å². The van der Waals surface area contributed by atoms with Crippen LogP contribution in [0.1, 0.15) is 46.5 Å². The van der Waals surface area contributed by atoms with Crippen molar-refractivity contribution in [2.45, 2.75) is 38.1 Å². The number of alkyl halides is 3. The van der Waals surface area contributed by atoms with Gasteiger partial charge in [-0.1, -0.05) is 0 Å². The third-order valence-electron chi connectivity index (χ3n) is 4.89. The van der Waals surface area contributed by atoms with Crippen LogP contribution in [0.25, 0.3) is 11.0 Å². The van der Waals surface area contributed by atoms with Crippen molar-refractivity contribution < 1.29 is 18.0 Å². The number of nitrogens with one attached hydrogen (secondary N) is 1. The quantitative estimate of drug-likeness (QED) is 0.717. The number of aromatic amines is 1. The van der Waals surface area contributed by atoms with Crippen molar-refractivity contribution in [1.29, 1.82) is 0 Å². The number of carbonyl (C=O) groups is 1. The van der Waals surface area contributed by atoms with Gasteiger partial charge in [0.2, 0.25) is 0 Å². The SMILES string of the molecule is CN(Cc1nc2ccc(C(F)(F)F)cc2[nH]1)C(=O)c1cc2n(n1)CCCC2N. The van der Waals surface area contributed by atoms with Gasteiger partial charge in [-0.25, -0.2) is 4.98 Å². The number of halogens is 3. The molecule has 1 aliphatic heterocycles. The number of aryl methyl sites for hydroxylation is 1. The van der Waals surface area contributed by atoms with Crippen molar-refractivity contribution in [2.75, 3.05) is 7.05 Å². The van der Waals surface area contributed by atoms with E-state index >= 15 is 0 Å². The second-order valence-electron chi connectivity index (χ2n) is 7.00. The molecule has 0 fully saturated rings. The van der Waals surface area contributed by atoms with Crippen LogP contribution in [0.4, 0.5) is 13.2 Å². The van der Waals surface area contributed by atoms with Crippen LogP contribution in [-0.4, -0.2) is 37.6 Å². The highest BCUT2D eigenvalue weighted by Crippen LogP contribution is 2.31. The summed E-state index contributed by atoms with van der Waals surface area (Å²) in [6.07, 6.45) is -2.65. The van der Waals surface area contributed by atoms with Gasteiger partial charge in [0.05, 0.1) is 28.8 Å². The first-order chi connectivity index (χ1) is 13.2. The molecule has 3 N–H and O–H groups in total. The summed E-state index contributed by atoms with van der Waals surface area (Å²) in [5.74, 6) is 0.0939. The molecule has 0 aliphatic carbocycles. The number of H-pyrrole nitrogens is 1. The van der Waals surface area contributed by atoms with E-state index in [0.717, 1.165) is 37.2 Å². The summed E-state index contributed by atoms with van der Waals surface area (Å²) in [4.78, 5) is 21.2. The molecule has 3 aromatic rings. The van der Waals surface area contributed by atoms with Crippen molar-refractivity contribution in [3.8, 4) is 0 Å². The lowest BCUT2D eigenvalue weighted by Crippen LogP contribution is -2.27. The summed E-state index contributed by atoms with van der Waals surface area (Å²) in [7, 11) is 1.59. The lowest BCUT2D eigenvalue weighted by molar-refractivity contribution is -0.137. The molecule has 10 heteroatoms. The molecule has 1 unspecified atom stereocenters. The first kappa shape index (κ1) is 18.5. The number of hydrogen-bond acceptors (Lipinski definition) is 4. The number of nitrogens with two attached hydrogens (primary N) is 1. The summed E-state index contributed by atoms with van der Waals surface area (Å²) in [5, 5.41) is 4.34. The largest absolute Gasteiger partial charge is 0.416 e. The van der Waals surface area contributed by atoms with Gasteiger partial charge in [-0.15, -0.1) is 0 Å². The highest BCUT2D eigenvalue weighted by molar-refractivity contribution is 5.92. The van der Waals surface area contributed by atoms with Crippen molar-refractivity contribution in [3.05, 3.63) is 47.0 Å². The number of rotatable bonds is 3. The molecule has 0 saturated carbocycles. The van der Waals surface area contributed by atoms with Crippen LogP contribution in [0.5, 0.6) is 0 Å². The lowest BCUT2D eigenvalue weighted by Gasteiger charge is -2.19. The molecule has 3 heterocycles. The molecule has 7 nitrogen and oxygen atoms in total. The highest BCUT2D eigenvalue weighted by atomic mass is 19.4. The molecule has 1 aromatic carbocycles. The highest BCUT2D eigenvalue weighted by Gasteiger charge is 2.31. The summed E-state index contributed by atoms with van der Waals surface area (Å²) in [6.45, 7) is 0.842. The van der Waals surface area contributed by atoms with Crippen LogP contribution in [-0.2, 0) is 19.3 Å². The Kier molecular flexibility index (Phi) is 4.37. The molecule has 0 spiro atoms. The minimum Gasteiger partial charge on any atom is -0.340 e. The fourth-order valence-electron chi connectivity index (χ4n) is 3.43. The Balaban J connectivity index is 1.53. The minimum atomic E-state index is -4.42. The second kappa shape index (κ2) is 6.62. The number of benzene rings is 1. The topological polar surface area (TPSA) is 92.8 Å². The van der Waals surface area contributed by atoms with Crippen molar-refractivity contribution >= 4 is 16.9 Å². The van der Waals surface area contributed by atoms with E-state index in [1.807, 2.05) is 0 Å². The molecular weight excluding hydrogens is 373 g/mol. The molecule has 1 amide bonds. The van der Waals surface area contributed by atoms with Gasteiger partial charge < -0.3 is 15.6 Å². The number of aromatic nitrogens is 4. The van der Waals surface area contributed by atoms with Crippen LogP contribution >= 0.6 is 0 Å². The Morgan fingerprint density at radius 1 is 1.39 bits per heavy atom. The molecule has 148 valence electrons. The standard InChI is InChI=1S/C18H19F3N6O/c1-26(17(28)14-8-15-11(22)3-2-6-27(15)25-14)9-16-23-12-5-4-10(18(19,20)21)7-13(12)24-16/h4-5,7-8,11H,2-3,6,9,22H2,1H3,(H,23,24). The van der Waals surface area contributed by atoms with Gasteiger partial charge in [-0.2, -0.15) is 18.3 Å². The average molecular weight is 392 g/mol. The molecule has 1 atom stereocenters. The number of nitrogens with zero attached hydrogens (tertiary/aromatic N) is 4. The fourth-order valence-corrected chi connectivity index (χ4v) is 3.43. The molecule has 2 aromatic heterocycles. The van der Waals surface area contributed by atoms with Gasteiger partial charge in [0.15, 0.2) is 5.69 Å². The first-order valence-electron chi connectivity index (χ1n) is 8.87. The maximum atomic E-state index is 12.8. The van der Waals surface area contributed by atoms with Crippen LogP contribution in [0.15, 0.2) is 24.3 Å². The van der Waals surface area contributed by atoms with E-state index in [-0.39, 0.29) is 24.0 Å². The van der Waals surface area contributed by atoms with Gasteiger partial charge >= 0.3 is 6.18 Å².